The summed E-state index contributed by atoms with van der Waals surface area (Å²) in [5.41, 5.74) is 4.01. The van der Waals surface area contributed by atoms with Crippen molar-refractivity contribution < 1.29 is 32.6 Å². The first-order valence-electron chi connectivity index (χ1n) is 11.1. The molecule has 6 nitrogen and oxygen atoms in total. The maximum Gasteiger partial charge on any atom is 0.573 e. The molecule has 9 heteroatoms. The van der Waals surface area contributed by atoms with Gasteiger partial charge in [0, 0.05) is 18.2 Å². The SMILES string of the molecule is COc1cc2c(cc1O)[C@H]1C(c3ccccc3)=NO[C@H]1N(Cc1cccc(OC(F)(F)F)c1)[C@@H]2C. The van der Waals surface area contributed by atoms with Crippen molar-refractivity contribution >= 4 is 5.71 Å². The number of benzene rings is 3. The Morgan fingerprint density at radius 1 is 1.03 bits per heavy atom. The number of rotatable bonds is 5. The second-order valence-corrected chi connectivity index (χ2v) is 8.51. The molecule has 3 aromatic rings. The fourth-order valence-corrected chi connectivity index (χ4v) is 4.83. The lowest BCUT2D eigenvalue weighted by molar-refractivity contribution is -0.274. The van der Waals surface area contributed by atoms with E-state index >= 15 is 0 Å². The molecule has 0 fully saturated rings. The highest BCUT2D eigenvalue weighted by atomic mass is 19.4. The molecule has 35 heavy (non-hydrogen) atoms. The van der Waals surface area contributed by atoms with E-state index in [9.17, 15) is 18.3 Å². The van der Waals surface area contributed by atoms with E-state index in [-0.39, 0.29) is 30.0 Å². The summed E-state index contributed by atoms with van der Waals surface area (Å²) < 4.78 is 47.7. The van der Waals surface area contributed by atoms with Crippen LogP contribution in [0.25, 0.3) is 0 Å². The van der Waals surface area contributed by atoms with Crippen molar-refractivity contribution in [3.8, 4) is 17.2 Å². The number of nitrogens with zero attached hydrogens (tertiary/aromatic N) is 2. The van der Waals surface area contributed by atoms with Crippen LogP contribution in [0.3, 0.4) is 0 Å². The summed E-state index contributed by atoms with van der Waals surface area (Å²) in [6.45, 7) is 2.27. The molecule has 3 atom stereocenters. The zero-order valence-electron chi connectivity index (χ0n) is 19.0. The maximum atomic E-state index is 12.7. The Balaban J connectivity index is 1.55. The van der Waals surface area contributed by atoms with Gasteiger partial charge in [-0.05, 0) is 47.9 Å². The quantitative estimate of drug-likeness (QED) is 0.502. The van der Waals surface area contributed by atoms with E-state index in [1.165, 1.54) is 25.3 Å². The summed E-state index contributed by atoms with van der Waals surface area (Å²) in [4.78, 5) is 7.97. The maximum absolute atomic E-state index is 12.7. The Morgan fingerprint density at radius 3 is 2.51 bits per heavy atom. The van der Waals surface area contributed by atoms with E-state index in [0.717, 1.165) is 16.7 Å². The minimum absolute atomic E-state index is 0.0157. The van der Waals surface area contributed by atoms with Crippen molar-refractivity contribution in [1.29, 1.82) is 0 Å². The molecule has 3 aromatic carbocycles. The van der Waals surface area contributed by atoms with Gasteiger partial charge < -0.3 is 19.4 Å². The molecule has 1 N–H and O–H groups in total. The molecule has 2 aliphatic heterocycles. The van der Waals surface area contributed by atoms with Crippen LogP contribution in [0, 0.1) is 0 Å². The molecule has 0 spiro atoms. The van der Waals surface area contributed by atoms with Crippen molar-refractivity contribution in [3.05, 3.63) is 89.0 Å². The third-order valence-electron chi connectivity index (χ3n) is 6.40. The number of hydrogen-bond donors (Lipinski definition) is 1. The second kappa shape index (κ2) is 8.81. The van der Waals surface area contributed by atoms with Crippen LogP contribution in [0.15, 0.2) is 71.9 Å². The Bertz CT molecular complexity index is 1260. The molecule has 0 saturated heterocycles. The highest BCUT2D eigenvalue weighted by Crippen LogP contribution is 2.48. The Labute approximate surface area is 200 Å². The minimum Gasteiger partial charge on any atom is -0.504 e. The van der Waals surface area contributed by atoms with Gasteiger partial charge in [0.25, 0.3) is 0 Å². The van der Waals surface area contributed by atoms with Gasteiger partial charge in [0.05, 0.1) is 18.7 Å². The number of aromatic hydroxyl groups is 1. The van der Waals surface area contributed by atoms with Gasteiger partial charge >= 0.3 is 6.36 Å². The molecule has 0 aliphatic carbocycles. The standard InChI is InChI=1S/C26H23F3N2O4/c1-15-19-13-22(33-2)21(32)12-20(19)23-24(17-8-4-3-5-9-17)30-35-25(23)31(15)14-16-7-6-10-18(11-16)34-26(27,28)29/h3-13,15,23,25,32H,14H2,1-2H3/t15-,23+,25-/m1/s1. The minimum atomic E-state index is -4.77. The summed E-state index contributed by atoms with van der Waals surface area (Å²) in [6, 6.07) is 18.8. The van der Waals surface area contributed by atoms with Gasteiger partial charge in [-0.15, -0.1) is 13.2 Å². The van der Waals surface area contributed by atoms with E-state index in [0.29, 0.717) is 17.0 Å². The molecular formula is C26H23F3N2O4. The average Bonchev–Trinajstić information content (AvgIpc) is 3.26. The van der Waals surface area contributed by atoms with Crippen molar-refractivity contribution in [2.75, 3.05) is 7.11 Å². The predicted molar refractivity (Wildman–Crippen MR) is 122 cm³/mol. The summed E-state index contributed by atoms with van der Waals surface area (Å²) in [6.07, 6.45) is -5.29. The lowest BCUT2D eigenvalue weighted by atomic mass is 9.79. The predicted octanol–water partition coefficient (Wildman–Crippen LogP) is 5.72. The Kier molecular flexibility index (Phi) is 5.80. The molecule has 0 unspecified atom stereocenters. The normalized spacial score (nSPS) is 21.5. The van der Waals surface area contributed by atoms with E-state index in [1.807, 2.05) is 42.2 Å². The third-order valence-corrected chi connectivity index (χ3v) is 6.40. The van der Waals surface area contributed by atoms with Crippen LogP contribution in [0.1, 0.15) is 41.1 Å². The largest absolute Gasteiger partial charge is 0.573 e. The van der Waals surface area contributed by atoms with Crippen molar-refractivity contribution in [1.82, 2.24) is 4.90 Å². The Hall–Kier alpha value is -3.72. The first kappa shape index (κ1) is 23.0. The van der Waals surface area contributed by atoms with Crippen LogP contribution in [0.2, 0.25) is 0 Å². The van der Waals surface area contributed by atoms with Gasteiger partial charge in [-0.25, -0.2) is 0 Å². The average molecular weight is 484 g/mol. The number of halogens is 3. The van der Waals surface area contributed by atoms with E-state index < -0.39 is 12.6 Å². The lowest BCUT2D eigenvalue weighted by Crippen LogP contribution is -2.45. The van der Waals surface area contributed by atoms with Crippen molar-refractivity contribution in [2.45, 2.75) is 38.0 Å². The molecule has 0 bridgehead atoms. The van der Waals surface area contributed by atoms with Crippen molar-refractivity contribution in [2.24, 2.45) is 5.16 Å². The fraction of sp³-hybridized carbons (Fsp3) is 0.269. The number of oxime groups is 1. The summed E-state index contributed by atoms with van der Waals surface area (Å²) >= 11 is 0. The summed E-state index contributed by atoms with van der Waals surface area (Å²) in [7, 11) is 1.48. The van der Waals surface area contributed by atoms with Gasteiger partial charge in [0.15, 0.2) is 17.7 Å². The third kappa shape index (κ3) is 4.39. The zero-order valence-corrected chi connectivity index (χ0v) is 19.0. The van der Waals surface area contributed by atoms with Gasteiger partial charge in [-0.1, -0.05) is 47.6 Å². The molecule has 0 amide bonds. The van der Waals surface area contributed by atoms with Gasteiger partial charge in [-0.3, -0.25) is 4.90 Å². The van der Waals surface area contributed by atoms with Gasteiger partial charge in [0.2, 0.25) is 0 Å². The number of fused-ring (bicyclic) bond motifs is 3. The molecular weight excluding hydrogens is 461 g/mol. The first-order chi connectivity index (χ1) is 16.7. The molecule has 0 saturated carbocycles. The van der Waals surface area contributed by atoms with Gasteiger partial charge in [0.1, 0.15) is 5.75 Å². The van der Waals surface area contributed by atoms with Gasteiger partial charge in [-0.2, -0.15) is 0 Å². The van der Waals surface area contributed by atoms with Crippen LogP contribution >= 0.6 is 0 Å². The first-order valence-corrected chi connectivity index (χ1v) is 11.1. The van der Waals surface area contributed by atoms with Crippen molar-refractivity contribution in [3.63, 3.8) is 0 Å². The monoisotopic (exact) mass is 484 g/mol. The smallest absolute Gasteiger partial charge is 0.504 e. The number of ether oxygens (including phenoxy) is 2. The highest BCUT2D eigenvalue weighted by Gasteiger charge is 2.47. The molecule has 5 rings (SSSR count). The van der Waals surface area contributed by atoms with Crippen LogP contribution in [0.5, 0.6) is 17.2 Å². The molecule has 2 aliphatic rings. The van der Waals surface area contributed by atoms with E-state index in [2.05, 4.69) is 9.89 Å². The molecule has 0 aromatic heterocycles. The number of phenols is 1. The number of hydrogen-bond acceptors (Lipinski definition) is 6. The fourth-order valence-electron chi connectivity index (χ4n) is 4.83. The van der Waals surface area contributed by atoms with Crippen LogP contribution in [-0.2, 0) is 11.4 Å². The molecule has 2 heterocycles. The molecule has 182 valence electrons. The second-order valence-electron chi connectivity index (χ2n) is 8.51. The topological polar surface area (TPSA) is 63.5 Å². The number of methoxy groups -OCH3 is 1. The van der Waals surface area contributed by atoms with E-state index in [1.54, 1.807) is 18.2 Å². The summed E-state index contributed by atoms with van der Waals surface area (Å²) in [5, 5.41) is 14.9. The molecule has 0 radical (unpaired) electrons. The van der Waals surface area contributed by atoms with Crippen LogP contribution < -0.4 is 9.47 Å². The highest BCUT2D eigenvalue weighted by molar-refractivity contribution is 6.06. The lowest BCUT2D eigenvalue weighted by Gasteiger charge is -2.42. The zero-order chi connectivity index (χ0) is 24.7. The number of phenolic OH excluding ortho intramolecular Hbond substituents is 1. The summed E-state index contributed by atoms with van der Waals surface area (Å²) in [5.74, 6) is -0.250. The Morgan fingerprint density at radius 2 is 1.80 bits per heavy atom. The van der Waals surface area contributed by atoms with Crippen LogP contribution in [-0.4, -0.2) is 35.4 Å². The number of alkyl halides is 3. The van der Waals surface area contributed by atoms with Crippen LogP contribution in [0.4, 0.5) is 13.2 Å². The van der Waals surface area contributed by atoms with E-state index in [4.69, 9.17) is 9.57 Å².